The predicted octanol–water partition coefficient (Wildman–Crippen LogP) is 2.65. The van der Waals surface area contributed by atoms with E-state index >= 15 is 0 Å². The van der Waals surface area contributed by atoms with Gasteiger partial charge < -0.3 is 10.1 Å². The number of nitrogens with one attached hydrogen (secondary N) is 1. The van der Waals surface area contributed by atoms with E-state index in [0.717, 1.165) is 11.4 Å². The molecule has 2 aromatic rings. The van der Waals surface area contributed by atoms with Gasteiger partial charge in [0, 0.05) is 11.4 Å². The quantitative estimate of drug-likeness (QED) is 0.900. The van der Waals surface area contributed by atoms with E-state index in [0.29, 0.717) is 11.4 Å². The van der Waals surface area contributed by atoms with Crippen molar-refractivity contribution in [3.63, 3.8) is 0 Å². The summed E-state index contributed by atoms with van der Waals surface area (Å²) < 4.78 is 5.05. The van der Waals surface area contributed by atoms with Crippen LogP contribution in [0.5, 0.6) is 5.75 Å². The maximum absolute atomic E-state index is 11.9. The molecule has 0 aliphatic heterocycles. The summed E-state index contributed by atoms with van der Waals surface area (Å²) in [6.07, 6.45) is 0. The molecule has 1 heterocycles. The van der Waals surface area contributed by atoms with Crippen LogP contribution in [0.2, 0.25) is 0 Å². The molecule has 0 saturated carbocycles. The zero-order valence-electron chi connectivity index (χ0n) is 10.3. The highest BCUT2D eigenvalue weighted by molar-refractivity contribution is 6.02. The van der Waals surface area contributed by atoms with Crippen LogP contribution in [0.3, 0.4) is 0 Å². The van der Waals surface area contributed by atoms with Gasteiger partial charge in [-0.05, 0) is 43.3 Å². The van der Waals surface area contributed by atoms with Gasteiger partial charge in [0.25, 0.3) is 5.91 Å². The monoisotopic (exact) mass is 242 g/mol. The molecule has 0 saturated heterocycles. The van der Waals surface area contributed by atoms with Crippen molar-refractivity contribution < 1.29 is 9.53 Å². The van der Waals surface area contributed by atoms with E-state index in [1.54, 1.807) is 37.4 Å². The van der Waals surface area contributed by atoms with E-state index in [2.05, 4.69) is 10.3 Å². The minimum Gasteiger partial charge on any atom is -0.497 e. The van der Waals surface area contributed by atoms with Crippen LogP contribution in [0.4, 0.5) is 5.69 Å². The Bertz CT molecular complexity index is 550. The highest BCUT2D eigenvalue weighted by atomic mass is 16.5. The first-order valence-corrected chi connectivity index (χ1v) is 5.58. The number of anilines is 1. The zero-order chi connectivity index (χ0) is 13.0. The number of carbonyl (C=O) groups is 1. The second kappa shape index (κ2) is 5.31. The molecule has 0 radical (unpaired) electrons. The third-order valence-electron chi connectivity index (χ3n) is 2.47. The first-order chi connectivity index (χ1) is 8.69. The van der Waals surface area contributed by atoms with E-state index in [9.17, 15) is 4.79 Å². The number of ether oxygens (including phenoxy) is 1. The van der Waals surface area contributed by atoms with Gasteiger partial charge in [0.2, 0.25) is 0 Å². The predicted molar refractivity (Wildman–Crippen MR) is 69.9 cm³/mol. The Kier molecular flexibility index (Phi) is 3.57. The molecule has 1 aromatic carbocycles. The first-order valence-electron chi connectivity index (χ1n) is 5.58. The van der Waals surface area contributed by atoms with E-state index < -0.39 is 0 Å². The van der Waals surface area contributed by atoms with Gasteiger partial charge in [-0.25, -0.2) is 4.98 Å². The first kappa shape index (κ1) is 12.1. The molecule has 92 valence electrons. The summed E-state index contributed by atoms with van der Waals surface area (Å²) in [4.78, 5) is 16.1. The van der Waals surface area contributed by atoms with Crippen LogP contribution in [0.25, 0.3) is 0 Å². The summed E-state index contributed by atoms with van der Waals surface area (Å²) in [6.45, 7) is 1.85. The fraction of sp³-hybridized carbons (Fsp3) is 0.143. The second-order valence-corrected chi connectivity index (χ2v) is 3.85. The van der Waals surface area contributed by atoms with Crippen molar-refractivity contribution in [2.24, 2.45) is 0 Å². The standard InChI is InChI=1S/C14H14N2O2/c1-10-4-3-5-13(15-10)14(17)16-11-6-8-12(18-2)9-7-11/h3-9H,1-2H3,(H,16,17). The maximum atomic E-state index is 11.9. The van der Waals surface area contributed by atoms with Crippen molar-refractivity contribution in [3.05, 3.63) is 53.9 Å². The van der Waals surface area contributed by atoms with Crippen LogP contribution in [0.15, 0.2) is 42.5 Å². The lowest BCUT2D eigenvalue weighted by Gasteiger charge is -2.06. The van der Waals surface area contributed by atoms with E-state index in [1.165, 1.54) is 0 Å². The van der Waals surface area contributed by atoms with E-state index in [1.807, 2.05) is 19.1 Å². The summed E-state index contributed by atoms with van der Waals surface area (Å²) >= 11 is 0. The van der Waals surface area contributed by atoms with Crippen LogP contribution in [-0.2, 0) is 0 Å². The average Bonchev–Trinajstić information content (AvgIpc) is 2.39. The summed E-state index contributed by atoms with van der Waals surface area (Å²) in [5.74, 6) is 0.533. The van der Waals surface area contributed by atoms with Gasteiger partial charge in [-0.3, -0.25) is 4.79 Å². The highest BCUT2D eigenvalue weighted by Gasteiger charge is 2.07. The van der Waals surface area contributed by atoms with Gasteiger partial charge in [0.15, 0.2) is 0 Å². The minimum absolute atomic E-state index is 0.219. The number of aromatic nitrogens is 1. The summed E-state index contributed by atoms with van der Waals surface area (Å²) in [6, 6.07) is 12.5. The number of nitrogens with zero attached hydrogens (tertiary/aromatic N) is 1. The molecule has 2 rings (SSSR count). The zero-order valence-corrected chi connectivity index (χ0v) is 10.3. The summed E-state index contributed by atoms with van der Waals surface area (Å²) in [7, 11) is 1.60. The van der Waals surface area contributed by atoms with Crippen LogP contribution in [0, 0.1) is 6.92 Å². The Morgan fingerprint density at radius 2 is 1.89 bits per heavy atom. The molecule has 0 aliphatic rings. The molecule has 1 aromatic heterocycles. The molecular formula is C14H14N2O2. The number of hydrogen-bond donors (Lipinski definition) is 1. The Hall–Kier alpha value is -2.36. The van der Waals surface area contributed by atoms with Crippen LogP contribution in [0.1, 0.15) is 16.2 Å². The maximum Gasteiger partial charge on any atom is 0.274 e. The molecule has 18 heavy (non-hydrogen) atoms. The lowest BCUT2D eigenvalue weighted by atomic mass is 10.2. The number of benzene rings is 1. The van der Waals surface area contributed by atoms with Crippen molar-refractivity contribution >= 4 is 11.6 Å². The Labute approximate surface area is 106 Å². The van der Waals surface area contributed by atoms with Gasteiger partial charge in [0.1, 0.15) is 11.4 Å². The van der Waals surface area contributed by atoms with Gasteiger partial charge in [-0.1, -0.05) is 6.07 Å². The molecule has 4 nitrogen and oxygen atoms in total. The third-order valence-corrected chi connectivity index (χ3v) is 2.47. The van der Waals surface area contributed by atoms with Gasteiger partial charge in [-0.15, -0.1) is 0 Å². The van der Waals surface area contributed by atoms with E-state index in [-0.39, 0.29) is 5.91 Å². The van der Waals surface area contributed by atoms with Crippen molar-refractivity contribution in [2.75, 3.05) is 12.4 Å². The number of aryl methyl sites for hydroxylation is 1. The smallest absolute Gasteiger partial charge is 0.274 e. The van der Waals surface area contributed by atoms with Crippen molar-refractivity contribution in [2.45, 2.75) is 6.92 Å². The topological polar surface area (TPSA) is 51.2 Å². The largest absolute Gasteiger partial charge is 0.497 e. The molecule has 0 fully saturated rings. The normalized spacial score (nSPS) is 9.89. The lowest BCUT2D eigenvalue weighted by Crippen LogP contribution is -2.13. The highest BCUT2D eigenvalue weighted by Crippen LogP contribution is 2.15. The fourth-order valence-corrected chi connectivity index (χ4v) is 1.54. The fourth-order valence-electron chi connectivity index (χ4n) is 1.54. The van der Waals surface area contributed by atoms with E-state index in [4.69, 9.17) is 4.74 Å². The van der Waals surface area contributed by atoms with Gasteiger partial charge in [0.05, 0.1) is 7.11 Å². The van der Waals surface area contributed by atoms with Crippen LogP contribution < -0.4 is 10.1 Å². The minimum atomic E-state index is -0.219. The Balaban J connectivity index is 2.11. The third kappa shape index (κ3) is 2.85. The Morgan fingerprint density at radius 3 is 2.50 bits per heavy atom. The van der Waals surface area contributed by atoms with Gasteiger partial charge >= 0.3 is 0 Å². The molecule has 1 amide bonds. The SMILES string of the molecule is COc1ccc(NC(=O)c2cccc(C)n2)cc1. The average molecular weight is 242 g/mol. The molecular weight excluding hydrogens is 228 g/mol. The number of pyridine rings is 1. The lowest BCUT2D eigenvalue weighted by molar-refractivity contribution is 0.102. The number of rotatable bonds is 3. The van der Waals surface area contributed by atoms with Crippen molar-refractivity contribution in [1.29, 1.82) is 0 Å². The molecule has 0 bridgehead atoms. The number of carbonyl (C=O) groups excluding carboxylic acids is 1. The van der Waals surface area contributed by atoms with Crippen LogP contribution in [-0.4, -0.2) is 18.0 Å². The van der Waals surface area contributed by atoms with Crippen LogP contribution >= 0.6 is 0 Å². The molecule has 0 aliphatic carbocycles. The van der Waals surface area contributed by atoms with Gasteiger partial charge in [-0.2, -0.15) is 0 Å². The number of hydrogen-bond acceptors (Lipinski definition) is 3. The molecule has 0 atom stereocenters. The molecule has 0 unspecified atom stereocenters. The number of amides is 1. The Morgan fingerprint density at radius 1 is 1.17 bits per heavy atom. The van der Waals surface area contributed by atoms with Crippen molar-refractivity contribution in [1.82, 2.24) is 4.98 Å². The van der Waals surface area contributed by atoms with Crippen molar-refractivity contribution in [3.8, 4) is 5.75 Å². The molecule has 4 heteroatoms. The summed E-state index contributed by atoms with van der Waals surface area (Å²) in [5, 5.41) is 2.78. The molecule has 0 spiro atoms. The number of methoxy groups -OCH3 is 1. The molecule has 1 N–H and O–H groups in total. The summed E-state index contributed by atoms with van der Waals surface area (Å²) in [5.41, 5.74) is 1.94. The second-order valence-electron chi connectivity index (χ2n) is 3.85.